The van der Waals surface area contributed by atoms with Gasteiger partial charge in [-0.05, 0) is 24.3 Å². The van der Waals surface area contributed by atoms with Gasteiger partial charge in [-0.15, -0.1) is 0 Å². The molecule has 0 amide bonds. The van der Waals surface area contributed by atoms with Crippen LogP contribution in [0.5, 0.6) is 17.2 Å². The van der Waals surface area contributed by atoms with Crippen molar-refractivity contribution in [1.29, 1.82) is 0 Å². The predicted molar refractivity (Wildman–Crippen MR) is 68.3 cm³/mol. The van der Waals surface area contributed by atoms with Crippen LogP contribution in [0.4, 0.5) is 0 Å². The third-order valence-corrected chi connectivity index (χ3v) is 3.19. The molecule has 1 unspecified atom stereocenters. The summed E-state index contributed by atoms with van der Waals surface area (Å²) in [6.07, 6.45) is -0.539. The van der Waals surface area contributed by atoms with Crippen LogP contribution in [0.15, 0.2) is 42.5 Å². The largest absolute Gasteiger partial charge is 0.508 e. The molecule has 0 aromatic heterocycles. The maximum absolute atomic E-state index is 12.1. The molecule has 1 aliphatic rings. The number of aromatic hydroxyl groups is 2. The van der Waals surface area contributed by atoms with Gasteiger partial charge in [0.1, 0.15) is 17.2 Å². The summed E-state index contributed by atoms with van der Waals surface area (Å²) in [6.45, 7) is 0. The molecule has 0 saturated carbocycles. The van der Waals surface area contributed by atoms with Gasteiger partial charge in [0.15, 0.2) is 11.9 Å². The highest BCUT2D eigenvalue weighted by molar-refractivity contribution is 5.89. The van der Waals surface area contributed by atoms with Crippen molar-refractivity contribution < 1.29 is 19.7 Å². The number of fused-ring (bicyclic) bond motifs is 1. The van der Waals surface area contributed by atoms with E-state index in [1.165, 1.54) is 18.2 Å². The molecule has 0 spiro atoms. The van der Waals surface area contributed by atoms with Crippen molar-refractivity contribution in [2.45, 2.75) is 12.5 Å². The Morgan fingerprint density at radius 3 is 2.53 bits per heavy atom. The van der Waals surface area contributed by atoms with E-state index >= 15 is 0 Å². The number of carbonyl (C=O) groups is 1. The number of benzene rings is 2. The normalized spacial score (nSPS) is 17.7. The molecule has 0 saturated heterocycles. The Labute approximate surface area is 109 Å². The van der Waals surface area contributed by atoms with Gasteiger partial charge in [-0.2, -0.15) is 0 Å². The first kappa shape index (κ1) is 11.6. The molecule has 0 bridgehead atoms. The fourth-order valence-corrected chi connectivity index (χ4v) is 2.20. The lowest BCUT2D eigenvalue weighted by molar-refractivity contribution is -0.126. The summed E-state index contributed by atoms with van der Waals surface area (Å²) in [6, 6.07) is 11.3. The first-order valence-corrected chi connectivity index (χ1v) is 5.94. The maximum atomic E-state index is 12.1. The van der Waals surface area contributed by atoms with Crippen LogP contribution < -0.4 is 4.74 Å². The molecule has 1 atom stereocenters. The third kappa shape index (κ3) is 2.01. The molecule has 1 aliphatic heterocycles. The van der Waals surface area contributed by atoms with Crippen LogP contribution in [0.3, 0.4) is 0 Å². The van der Waals surface area contributed by atoms with E-state index in [1.54, 1.807) is 24.3 Å². The number of Topliss-reactive ketones (excluding diaryl/α,β-unsaturated/α-hetero) is 1. The zero-order valence-electron chi connectivity index (χ0n) is 10.0. The number of ketones is 1. The van der Waals surface area contributed by atoms with Gasteiger partial charge in [0.25, 0.3) is 0 Å². The number of ether oxygens (including phenoxy) is 1. The topological polar surface area (TPSA) is 66.8 Å². The van der Waals surface area contributed by atoms with Crippen LogP contribution in [0, 0.1) is 0 Å². The maximum Gasteiger partial charge on any atom is 0.182 e. The van der Waals surface area contributed by atoms with Gasteiger partial charge in [0.05, 0.1) is 0 Å². The summed E-state index contributed by atoms with van der Waals surface area (Å²) in [5.74, 6) is 0.637. The monoisotopic (exact) mass is 256 g/mol. The lowest BCUT2D eigenvalue weighted by atomic mass is 9.95. The summed E-state index contributed by atoms with van der Waals surface area (Å²) in [5.41, 5.74) is 1.22. The number of hydrogen-bond donors (Lipinski definition) is 2. The van der Waals surface area contributed by atoms with Crippen LogP contribution >= 0.6 is 0 Å². The third-order valence-electron chi connectivity index (χ3n) is 3.19. The van der Waals surface area contributed by atoms with Crippen LogP contribution in [0.2, 0.25) is 0 Å². The van der Waals surface area contributed by atoms with E-state index in [0.717, 1.165) is 0 Å². The summed E-state index contributed by atoms with van der Waals surface area (Å²) in [5, 5.41) is 19.0. The molecule has 4 nitrogen and oxygen atoms in total. The van der Waals surface area contributed by atoms with Gasteiger partial charge in [0.2, 0.25) is 0 Å². The fourth-order valence-electron chi connectivity index (χ4n) is 2.20. The number of phenolic OH excluding ortho intramolecular Hbond substituents is 2. The van der Waals surface area contributed by atoms with Crippen LogP contribution in [0.1, 0.15) is 17.2 Å². The number of carbonyl (C=O) groups excluding carboxylic acids is 1. The van der Waals surface area contributed by atoms with Gasteiger partial charge >= 0.3 is 0 Å². The van der Waals surface area contributed by atoms with Gasteiger partial charge in [-0.3, -0.25) is 4.79 Å². The standard InChI is InChI=1S/C15H12O4/c16-10-6-4-9(5-7-10)15-13(18)8-11-12(17)2-1-3-14(11)19-15/h1-7,15-17H,8H2. The number of phenols is 2. The molecule has 4 heteroatoms. The van der Waals surface area contributed by atoms with Gasteiger partial charge in [-0.25, -0.2) is 0 Å². The molecule has 19 heavy (non-hydrogen) atoms. The average Bonchev–Trinajstić information content (AvgIpc) is 2.40. The first-order valence-electron chi connectivity index (χ1n) is 5.94. The van der Waals surface area contributed by atoms with E-state index in [0.29, 0.717) is 16.9 Å². The Balaban J connectivity index is 1.98. The minimum atomic E-state index is -0.685. The molecule has 3 rings (SSSR count). The number of hydrogen-bond acceptors (Lipinski definition) is 4. The highest BCUT2D eigenvalue weighted by Gasteiger charge is 2.30. The average molecular weight is 256 g/mol. The van der Waals surface area contributed by atoms with Crippen molar-refractivity contribution in [3.63, 3.8) is 0 Å². The van der Waals surface area contributed by atoms with Crippen molar-refractivity contribution >= 4 is 5.78 Å². The molecule has 2 aromatic rings. The zero-order chi connectivity index (χ0) is 13.4. The molecule has 96 valence electrons. The zero-order valence-corrected chi connectivity index (χ0v) is 10.0. The van der Waals surface area contributed by atoms with Crippen LogP contribution in [0.25, 0.3) is 0 Å². The SMILES string of the molecule is O=C1Cc2c(O)cccc2OC1c1ccc(O)cc1. The van der Waals surface area contributed by atoms with Crippen LogP contribution in [-0.2, 0) is 11.2 Å². The van der Waals surface area contributed by atoms with Crippen molar-refractivity contribution in [2.75, 3.05) is 0 Å². The second-order valence-corrected chi connectivity index (χ2v) is 4.49. The second-order valence-electron chi connectivity index (χ2n) is 4.49. The molecule has 1 heterocycles. The van der Waals surface area contributed by atoms with Crippen LogP contribution in [-0.4, -0.2) is 16.0 Å². The minimum Gasteiger partial charge on any atom is -0.508 e. The Morgan fingerprint density at radius 2 is 1.79 bits per heavy atom. The minimum absolute atomic E-state index is 0.0787. The summed E-state index contributed by atoms with van der Waals surface area (Å²) < 4.78 is 5.66. The predicted octanol–water partition coefficient (Wildman–Crippen LogP) is 2.34. The lowest BCUT2D eigenvalue weighted by Crippen LogP contribution is -2.25. The Bertz CT molecular complexity index is 631. The van der Waals surface area contributed by atoms with Crippen molar-refractivity contribution in [3.8, 4) is 17.2 Å². The van der Waals surface area contributed by atoms with E-state index in [9.17, 15) is 15.0 Å². The first-order chi connectivity index (χ1) is 9.15. The van der Waals surface area contributed by atoms with E-state index < -0.39 is 6.10 Å². The fraction of sp³-hybridized carbons (Fsp3) is 0.133. The Hall–Kier alpha value is -2.49. The highest BCUT2D eigenvalue weighted by atomic mass is 16.5. The molecule has 2 N–H and O–H groups in total. The summed E-state index contributed by atoms with van der Waals surface area (Å²) >= 11 is 0. The van der Waals surface area contributed by atoms with E-state index in [1.807, 2.05) is 0 Å². The van der Waals surface area contributed by atoms with Crippen molar-refractivity contribution in [1.82, 2.24) is 0 Å². The van der Waals surface area contributed by atoms with E-state index in [2.05, 4.69) is 0 Å². The quantitative estimate of drug-likeness (QED) is 0.821. The molecule has 0 fully saturated rings. The van der Waals surface area contributed by atoms with Gasteiger partial charge in [0, 0.05) is 17.5 Å². The van der Waals surface area contributed by atoms with Crippen molar-refractivity contribution in [2.24, 2.45) is 0 Å². The smallest absolute Gasteiger partial charge is 0.182 e. The van der Waals surface area contributed by atoms with E-state index in [4.69, 9.17) is 4.74 Å². The molecule has 2 aromatic carbocycles. The summed E-state index contributed by atoms with van der Waals surface area (Å²) in [7, 11) is 0. The number of rotatable bonds is 1. The van der Waals surface area contributed by atoms with Crippen molar-refractivity contribution in [3.05, 3.63) is 53.6 Å². The Morgan fingerprint density at radius 1 is 1.05 bits per heavy atom. The Kier molecular flexibility index (Phi) is 2.63. The van der Waals surface area contributed by atoms with E-state index in [-0.39, 0.29) is 23.7 Å². The lowest BCUT2D eigenvalue weighted by Gasteiger charge is -2.25. The van der Waals surface area contributed by atoms with Gasteiger partial charge in [-0.1, -0.05) is 18.2 Å². The van der Waals surface area contributed by atoms with Gasteiger partial charge < -0.3 is 14.9 Å². The molecule has 0 radical (unpaired) electrons. The molecule has 0 aliphatic carbocycles. The highest BCUT2D eigenvalue weighted by Crippen LogP contribution is 2.37. The summed E-state index contributed by atoms with van der Waals surface area (Å²) in [4.78, 5) is 12.1. The molecular formula is C15H12O4. The molecular weight excluding hydrogens is 244 g/mol. The second kappa shape index (κ2) is 4.31.